The van der Waals surface area contributed by atoms with E-state index in [2.05, 4.69) is 5.32 Å². The van der Waals surface area contributed by atoms with Crippen molar-refractivity contribution in [2.75, 3.05) is 0 Å². The van der Waals surface area contributed by atoms with E-state index in [1.54, 1.807) is 4.68 Å². The quantitative estimate of drug-likeness (QED) is 0.432. The van der Waals surface area contributed by atoms with Crippen molar-refractivity contribution >= 4 is 5.91 Å². The second kappa shape index (κ2) is 9.76. The maximum atomic E-state index is 12.5. The van der Waals surface area contributed by atoms with E-state index in [1.165, 1.54) is 0 Å². The molecule has 5 heteroatoms. The third kappa shape index (κ3) is 5.20. The van der Waals surface area contributed by atoms with Gasteiger partial charge in [0.15, 0.2) is 0 Å². The van der Waals surface area contributed by atoms with Gasteiger partial charge >= 0.3 is 0 Å². The standard InChI is InChI=1S/C26H25N3O2/c1-20-24(17-18-25(30)27-19-21-11-5-2-6-12-21)26(31-23-15-9-4-10-16-23)29(28-20)22-13-7-3-8-14-22/h2-16H,17-19H2,1H3,(H,27,30). The molecule has 0 saturated heterocycles. The molecule has 156 valence electrons. The van der Waals surface area contributed by atoms with Crippen LogP contribution in [0.2, 0.25) is 0 Å². The molecule has 0 saturated carbocycles. The Labute approximate surface area is 182 Å². The predicted molar refractivity (Wildman–Crippen MR) is 121 cm³/mol. The minimum Gasteiger partial charge on any atom is -0.439 e. The molecule has 0 bridgehead atoms. The van der Waals surface area contributed by atoms with Gasteiger partial charge in [0.2, 0.25) is 11.8 Å². The minimum absolute atomic E-state index is 0.00127. The summed E-state index contributed by atoms with van der Waals surface area (Å²) in [4.78, 5) is 12.5. The number of ether oxygens (including phenoxy) is 1. The molecule has 0 spiro atoms. The van der Waals surface area contributed by atoms with Crippen molar-refractivity contribution in [2.45, 2.75) is 26.3 Å². The van der Waals surface area contributed by atoms with Gasteiger partial charge < -0.3 is 10.1 Å². The highest BCUT2D eigenvalue weighted by atomic mass is 16.5. The molecule has 1 aromatic heterocycles. The summed E-state index contributed by atoms with van der Waals surface area (Å²) in [6, 6.07) is 29.4. The molecule has 1 N–H and O–H groups in total. The fourth-order valence-corrected chi connectivity index (χ4v) is 3.40. The van der Waals surface area contributed by atoms with Crippen molar-refractivity contribution in [3.8, 4) is 17.3 Å². The number of rotatable bonds is 8. The molecule has 3 aromatic carbocycles. The maximum Gasteiger partial charge on any atom is 0.226 e. The number of carbonyl (C=O) groups excluding carboxylic acids is 1. The van der Waals surface area contributed by atoms with Crippen molar-refractivity contribution in [2.24, 2.45) is 0 Å². The van der Waals surface area contributed by atoms with Crippen LogP contribution in [0.4, 0.5) is 0 Å². The number of hydrogen-bond donors (Lipinski definition) is 1. The average Bonchev–Trinajstić information content (AvgIpc) is 3.13. The molecule has 1 heterocycles. The summed E-state index contributed by atoms with van der Waals surface area (Å²) < 4.78 is 8.05. The third-order valence-electron chi connectivity index (χ3n) is 5.03. The van der Waals surface area contributed by atoms with Gasteiger partial charge in [-0.15, -0.1) is 0 Å². The second-order valence-corrected chi connectivity index (χ2v) is 7.29. The van der Waals surface area contributed by atoms with E-state index in [4.69, 9.17) is 9.84 Å². The zero-order valence-corrected chi connectivity index (χ0v) is 17.5. The SMILES string of the molecule is Cc1nn(-c2ccccc2)c(Oc2ccccc2)c1CCC(=O)NCc1ccccc1. The molecule has 0 atom stereocenters. The van der Waals surface area contributed by atoms with E-state index in [9.17, 15) is 4.79 Å². The second-order valence-electron chi connectivity index (χ2n) is 7.29. The van der Waals surface area contributed by atoms with Crippen LogP contribution < -0.4 is 10.1 Å². The highest BCUT2D eigenvalue weighted by Crippen LogP contribution is 2.31. The number of nitrogens with one attached hydrogen (secondary N) is 1. The van der Waals surface area contributed by atoms with Gasteiger partial charge in [0, 0.05) is 18.5 Å². The Balaban J connectivity index is 1.53. The van der Waals surface area contributed by atoms with Crippen LogP contribution in [0.1, 0.15) is 23.2 Å². The molecule has 0 radical (unpaired) electrons. The molecular formula is C26H25N3O2. The molecule has 0 aliphatic rings. The molecule has 1 amide bonds. The topological polar surface area (TPSA) is 56.2 Å². The van der Waals surface area contributed by atoms with Crippen LogP contribution in [-0.4, -0.2) is 15.7 Å². The van der Waals surface area contributed by atoms with E-state index >= 15 is 0 Å². The first-order valence-corrected chi connectivity index (χ1v) is 10.4. The number of para-hydroxylation sites is 2. The first-order valence-electron chi connectivity index (χ1n) is 10.4. The summed E-state index contributed by atoms with van der Waals surface area (Å²) in [6.45, 7) is 2.48. The molecule has 0 aliphatic heterocycles. The van der Waals surface area contributed by atoms with Crippen molar-refractivity contribution in [1.82, 2.24) is 15.1 Å². The molecule has 4 aromatic rings. The first kappa shape index (κ1) is 20.4. The van der Waals surface area contributed by atoms with Gasteiger partial charge in [0.25, 0.3) is 0 Å². The summed E-state index contributed by atoms with van der Waals surface area (Å²) in [5.41, 5.74) is 3.78. The Hall–Kier alpha value is -3.86. The van der Waals surface area contributed by atoms with Crippen LogP contribution in [0, 0.1) is 6.92 Å². The average molecular weight is 412 g/mol. The number of hydrogen-bond acceptors (Lipinski definition) is 3. The monoisotopic (exact) mass is 411 g/mol. The lowest BCUT2D eigenvalue weighted by Crippen LogP contribution is -2.23. The molecule has 5 nitrogen and oxygen atoms in total. The van der Waals surface area contributed by atoms with E-state index in [0.29, 0.717) is 25.3 Å². The van der Waals surface area contributed by atoms with Crippen molar-refractivity contribution in [3.63, 3.8) is 0 Å². The molecule has 0 fully saturated rings. The molecule has 4 rings (SSSR count). The molecule has 31 heavy (non-hydrogen) atoms. The Morgan fingerprint density at radius 1 is 0.903 bits per heavy atom. The van der Waals surface area contributed by atoms with Gasteiger partial charge in [0.1, 0.15) is 5.75 Å². The van der Waals surface area contributed by atoms with Gasteiger partial charge in [-0.1, -0.05) is 66.7 Å². The first-order chi connectivity index (χ1) is 15.2. The highest BCUT2D eigenvalue weighted by Gasteiger charge is 2.19. The lowest BCUT2D eigenvalue weighted by Gasteiger charge is -2.11. The van der Waals surface area contributed by atoms with E-state index in [-0.39, 0.29) is 5.91 Å². The lowest BCUT2D eigenvalue weighted by molar-refractivity contribution is -0.121. The Morgan fingerprint density at radius 3 is 2.19 bits per heavy atom. The summed E-state index contributed by atoms with van der Waals surface area (Å²) in [5.74, 6) is 1.38. The number of carbonyl (C=O) groups is 1. The van der Waals surface area contributed by atoms with Crippen LogP contribution in [-0.2, 0) is 17.8 Å². The summed E-state index contributed by atoms with van der Waals surface area (Å²) in [6.07, 6.45) is 0.904. The zero-order valence-electron chi connectivity index (χ0n) is 17.5. The largest absolute Gasteiger partial charge is 0.439 e. The van der Waals surface area contributed by atoms with Crippen molar-refractivity contribution < 1.29 is 9.53 Å². The van der Waals surface area contributed by atoms with Crippen LogP contribution in [0.3, 0.4) is 0 Å². The fourth-order valence-electron chi connectivity index (χ4n) is 3.40. The Bertz CT molecular complexity index is 1120. The van der Waals surface area contributed by atoms with Gasteiger partial charge in [-0.05, 0) is 43.2 Å². The van der Waals surface area contributed by atoms with E-state index in [1.807, 2.05) is 97.9 Å². The van der Waals surface area contributed by atoms with Crippen molar-refractivity contribution in [3.05, 3.63) is 108 Å². The Kier molecular flexibility index (Phi) is 6.43. The van der Waals surface area contributed by atoms with E-state index in [0.717, 1.165) is 28.3 Å². The number of aromatic nitrogens is 2. The fraction of sp³-hybridized carbons (Fsp3) is 0.154. The summed E-state index contributed by atoms with van der Waals surface area (Å²) in [5, 5.41) is 7.70. The summed E-state index contributed by atoms with van der Waals surface area (Å²) >= 11 is 0. The van der Waals surface area contributed by atoms with Crippen LogP contribution in [0.5, 0.6) is 11.6 Å². The predicted octanol–water partition coefficient (Wildman–Crippen LogP) is 5.22. The number of benzene rings is 3. The smallest absolute Gasteiger partial charge is 0.226 e. The van der Waals surface area contributed by atoms with Gasteiger partial charge in [-0.25, -0.2) is 4.68 Å². The van der Waals surface area contributed by atoms with Crippen LogP contribution in [0.15, 0.2) is 91.0 Å². The Morgan fingerprint density at radius 2 is 1.52 bits per heavy atom. The normalized spacial score (nSPS) is 10.6. The maximum absolute atomic E-state index is 12.5. The van der Waals surface area contributed by atoms with Gasteiger partial charge in [-0.2, -0.15) is 5.10 Å². The zero-order chi connectivity index (χ0) is 21.5. The number of aryl methyl sites for hydroxylation is 1. The van der Waals surface area contributed by atoms with Gasteiger partial charge in [0.05, 0.1) is 11.4 Å². The third-order valence-corrected chi connectivity index (χ3v) is 5.03. The van der Waals surface area contributed by atoms with Crippen molar-refractivity contribution in [1.29, 1.82) is 0 Å². The lowest BCUT2D eigenvalue weighted by atomic mass is 10.1. The molecule has 0 aliphatic carbocycles. The molecule has 0 unspecified atom stereocenters. The van der Waals surface area contributed by atoms with Crippen LogP contribution in [0.25, 0.3) is 5.69 Å². The number of amides is 1. The van der Waals surface area contributed by atoms with E-state index < -0.39 is 0 Å². The molecular weight excluding hydrogens is 386 g/mol. The minimum atomic E-state index is 0.00127. The van der Waals surface area contributed by atoms with Gasteiger partial charge in [-0.3, -0.25) is 4.79 Å². The number of nitrogens with zero attached hydrogens (tertiary/aromatic N) is 2. The highest BCUT2D eigenvalue weighted by molar-refractivity contribution is 5.76. The van der Waals surface area contributed by atoms with Crippen LogP contribution >= 0.6 is 0 Å². The summed E-state index contributed by atoms with van der Waals surface area (Å²) in [7, 11) is 0.